The van der Waals surface area contributed by atoms with E-state index in [-0.39, 0.29) is 17.7 Å². The van der Waals surface area contributed by atoms with Crippen LogP contribution in [0.5, 0.6) is 0 Å². The summed E-state index contributed by atoms with van der Waals surface area (Å²) in [6.07, 6.45) is 2.72. The first-order valence-electron chi connectivity index (χ1n) is 9.56. The number of likely N-dealkylation sites (N-methyl/N-ethyl adjacent to an activating group) is 1. The lowest BCUT2D eigenvalue weighted by atomic mass is 9.94. The number of carbonyl (C=O) groups excluding carboxylic acids is 2. The molecule has 144 valence electrons. The predicted octanol–water partition coefficient (Wildman–Crippen LogP) is 3.83. The second kappa shape index (κ2) is 8.53. The molecule has 0 fully saturated rings. The van der Waals surface area contributed by atoms with Gasteiger partial charge in [0.15, 0.2) is 11.5 Å². The maximum absolute atomic E-state index is 13.3. The van der Waals surface area contributed by atoms with Gasteiger partial charge in [0.2, 0.25) is 0 Å². The molecule has 2 aromatic rings. The highest BCUT2D eigenvalue weighted by Crippen LogP contribution is 2.30. The Labute approximate surface area is 160 Å². The minimum absolute atomic E-state index is 0.0809. The predicted molar refractivity (Wildman–Crippen MR) is 103 cm³/mol. The Morgan fingerprint density at radius 2 is 2.00 bits per heavy atom. The molecule has 0 bridgehead atoms. The van der Waals surface area contributed by atoms with E-state index in [1.807, 2.05) is 32.0 Å². The Morgan fingerprint density at radius 1 is 1.26 bits per heavy atom. The maximum atomic E-state index is 13.3. The molecule has 0 radical (unpaired) electrons. The Kier molecular flexibility index (Phi) is 6.11. The zero-order valence-electron chi connectivity index (χ0n) is 16.3. The molecule has 0 spiro atoms. The van der Waals surface area contributed by atoms with Crippen molar-refractivity contribution in [3.8, 4) is 0 Å². The van der Waals surface area contributed by atoms with Crippen LogP contribution in [-0.4, -0.2) is 42.9 Å². The van der Waals surface area contributed by atoms with E-state index in [9.17, 15) is 9.59 Å². The summed E-state index contributed by atoms with van der Waals surface area (Å²) in [5.74, 6) is 0.869. The second-order valence-electron chi connectivity index (χ2n) is 7.02. The zero-order chi connectivity index (χ0) is 19.4. The van der Waals surface area contributed by atoms with Gasteiger partial charge >= 0.3 is 0 Å². The molecule has 0 N–H and O–H groups in total. The number of methoxy groups -OCH3 is 1. The highest BCUT2D eigenvalue weighted by Gasteiger charge is 2.32. The molecular weight excluding hydrogens is 342 g/mol. The summed E-state index contributed by atoms with van der Waals surface area (Å²) in [7, 11) is 1.64. The van der Waals surface area contributed by atoms with Gasteiger partial charge in [0.05, 0.1) is 18.2 Å². The van der Waals surface area contributed by atoms with Crippen LogP contribution in [0.25, 0.3) is 0 Å². The number of aryl methyl sites for hydroxylation is 1. The van der Waals surface area contributed by atoms with Gasteiger partial charge in [-0.3, -0.25) is 9.59 Å². The van der Waals surface area contributed by atoms with Crippen molar-refractivity contribution < 1.29 is 18.7 Å². The number of hydrogen-bond acceptors (Lipinski definition) is 4. The number of furan rings is 1. The normalized spacial score (nSPS) is 14.7. The summed E-state index contributed by atoms with van der Waals surface area (Å²) in [4.78, 5) is 27.3. The molecule has 1 aliphatic rings. The summed E-state index contributed by atoms with van der Waals surface area (Å²) < 4.78 is 11.3. The molecule has 1 atom stereocenters. The number of ether oxygens (including phenoxy) is 1. The minimum atomic E-state index is -0.171. The van der Waals surface area contributed by atoms with Crippen molar-refractivity contribution in [1.29, 1.82) is 0 Å². The lowest BCUT2D eigenvalue weighted by Crippen LogP contribution is -2.44. The van der Waals surface area contributed by atoms with Crippen LogP contribution < -0.4 is 0 Å². The third kappa shape index (κ3) is 3.98. The van der Waals surface area contributed by atoms with Gasteiger partial charge in [-0.15, -0.1) is 0 Å². The Morgan fingerprint density at radius 3 is 2.63 bits per heavy atom. The molecule has 1 aromatic heterocycles. The van der Waals surface area contributed by atoms with E-state index in [0.717, 1.165) is 12.0 Å². The fourth-order valence-electron chi connectivity index (χ4n) is 3.89. The van der Waals surface area contributed by atoms with Crippen LogP contribution in [0.2, 0.25) is 0 Å². The number of carbonyl (C=O) groups is 2. The van der Waals surface area contributed by atoms with Gasteiger partial charge < -0.3 is 14.1 Å². The van der Waals surface area contributed by atoms with Crippen molar-refractivity contribution in [2.24, 2.45) is 0 Å². The van der Waals surface area contributed by atoms with Gasteiger partial charge in [-0.25, -0.2) is 0 Å². The summed E-state index contributed by atoms with van der Waals surface area (Å²) in [6.45, 7) is 4.75. The molecule has 1 heterocycles. The van der Waals surface area contributed by atoms with E-state index < -0.39 is 0 Å². The summed E-state index contributed by atoms with van der Waals surface area (Å²) in [5, 5.41) is 0. The zero-order valence-corrected chi connectivity index (χ0v) is 16.3. The number of fused-ring (bicyclic) bond motifs is 1. The molecule has 0 aliphatic heterocycles. The molecule has 0 saturated heterocycles. The van der Waals surface area contributed by atoms with E-state index in [4.69, 9.17) is 9.15 Å². The molecule has 1 amide bonds. The Balaban J connectivity index is 1.89. The van der Waals surface area contributed by atoms with E-state index in [1.165, 1.54) is 0 Å². The van der Waals surface area contributed by atoms with Crippen molar-refractivity contribution in [2.75, 3.05) is 20.3 Å². The fourth-order valence-corrected chi connectivity index (χ4v) is 3.89. The van der Waals surface area contributed by atoms with E-state index in [0.29, 0.717) is 55.1 Å². The molecule has 3 rings (SSSR count). The Bertz CT molecular complexity index is 809. The van der Waals surface area contributed by atoms with Crippen LogP contribution in [0.1, 0.15) is 57.6 Å². The van der Waals surface area contributed by atoms with Crippen LogP contribution in [0.4, 0.5) is 0 Å². The van der Waals surface area contributed by atoms with Gasteiger partial charge in [0.1, 0.15) is 5.76 Å². The minimum Gasteiger partial charge on any atom is -0.455 e. The number of benzene rings is 1. The largest absolute Gasteiger partial charge is 0.455 e. The van der Waals surface area contributed by atoms with E-state index in [1.54, 1.807) is 12.0 Å². The van der Waals surface area contributed by atoms with Crippen molar-refractivity contribution in [2.45, 2.75) is 45.6 Å². The van der Waals surface area contributed by atoms with Crippen LogP contribution in [-0.2, 0) is 17.6 Å². The topological polar surface area (TPSA) is 59.8 Å². The molecule has 1 aliphatic carbocycles. The maximum Gasteiger partial charge on any atom is 0.290 e. The van der Waals surface area contributed by atoms with Crippen LogP contribution in [0.3, 0.4) is 0 Å². The molecular formula is C22H27NO4. The lowest BCUT2D eigenvalue weighted by molar-refractivity contribution is 0.0515. The number of Topliss-reactive ketones (excluding diaryl/α,β-unsaturated/α-hetero) is 1. The molecule has 0 saturated carbocycles. The number of hydrogen-bond donors (Lipinski definition) is 0. The van der Waals surface area contributed by atoms with Crippen molar-refractivity contribution >= 4 is 11.7 Å². The second-order valence-corrected chi connectivity index (χ2v) is 7.02. The third-order valence-electron chi connectivity index (χ3n) is 5.22. The first kappa shape index (κ1) is 19.4. The average molecular weight is 369 g/mol. The van der Waals surface area contributed by atoms with E-state index in [2.05, 4.69) is 12.1 Å². The summed E-state index contributed by atoms with van der Waals surface area (Å²) in [5.41, 5.74) is 2.44. The molecule has 1 aromatic carbocycles. The van der Waals surface area contributed by atoms with Crippen LogP contribution in [0.15, 0.2) is 34.7 Å². The quantitative estimate of drug-likeness (QED) is 0.744. The van der Waals surface area contributed by atoms with Gasteiger partial charge in [-0.1, -0.05) is 30.3 Å². The SMILES string of the molecule is CCN(C(=O)c1oc2c(c1C)C(=O)CCC2)[C@H](COC)Cc1ccccc1. The van der Waals surface area contributed by atoms with Crippen molar-refractivity contribution in [3.05, 3.63) is 58.5 Å². The molecule has 27 heavy (non-hydrogen) atoms. The van der Waals surface area contributed by atoms with Gasteiger partial charge in [0, 0.05) is 32.1 Å². The smallest absolute Gasteiger partial charge is 0.290 e. The summed E-state index contributed by atoms with van der Waals surface area (Å²) >= 11 is 0. The average Bonchev–Trinajstić information content (AvgIpc) is 3.01. The molecule has 5 heteroatoms. The number of amides is 1. The van der Waals surface area contributed by atoms with E-state index >= 15 is 0 Å². The number of nitrogens with zero attached hydrogens (tertiary/aromatic N) is 1. The lowest BCUT2D eigenvalue weighted by Gasteiger charge is -2.30. The summed E-state index contributed by atoms with van der Waals surface area (Å²) in [6, 6.07) is 9.96. The first-order valence-corrected chi connectivity index (χ1v) is 9.56. The molecule has 0 unspecified atom stereocenters. The standard InChI is InChI=1S/C22H27NO4/c1-4-23(17(14-26-3)13-16-9-6-5-7-10-16)22(25)21-15(2)20-18(24)11-8-12-19(20)27-21/h5-7,9-10,17H,4,8,11-14H2,1-3H3/t17-/m0/s1. The first-order chi connectivity index (χ1) is 13.1. The Hall–Kier alpha value is -2.40. The van der Waals surface area contributed by atoms with Gasteiger partial charge in [-0.05, 0) is 32.3 Å². The van der Waals surface area contributed by atoms with Gasteiger partial charge in [0.25, 0.3) is 5.91 Å². The van der Waals surface area contributed by atoms with Crippen LogP contribution in [0, 0.1) is 6.92 Å². The van der Waals surface area contributed by atoms with Crippen LogP contribution >= 0.6 is 0 Å². The third-order valence-corrected chi connectivity index (χ3v) is 5.22. The highest BCUT2D eigenvalue weighted by atomic mass is 16.5. The van der Waals surface area contributed by atoms with Gasteiger partial charge in [-0.2, -0.15) is 0 Å². The monoisotopic (exact) mass is 369 g/mol. The fraction of sp³-hybridized carbons (Fsp3) is 0.455. The van der Waals surface area contributed by atoms with Crippen molar-refractivity contribution in [1.82, 2.24) is 4.90 Å². The van der Waals surface area contributed by atoms with Crippen molar-refractivity contribution in [3.63, 3.8) is 0 Å². The number of ketones is 1. The number of rotatable bonds is 7. The highest BCUT2D eigenvalue weighted by molar-refractivity contribution is 6.03. The molecule has 5 nitrogen and oxygen atoms in total.